The van der Waals surface area contributed by atoms with E-state index in [0.29, 0.717) is 22.7 Å². The molecule has 1 heterocycles. The quantitative estimate of drug-likeness (QED) is 0.386. The van der Waals surface area contributed by atoms with Crippen molar-refractivity contribution in [3.63, 3.8) is 0 Å². The Morgan fingerprint density at radius 1 is 1.07 bits per heavy atom. The topological polar surface area (TPSA) is 67.2 Å². The minimum atomic E-state index is -0.499. The molecule has 0 spiro atoms. The molecule has 29 heavy (non-hydrogen) atoms. The van der Waals surface area contributed by atoms with Gasteiger partial charge in [-0.1, -0.05) is 28.1 Å². The van der Waals surface area contributed by atoms with Crippen LogP contribution in [-0.4, -0.2) is 16.0 Å². The maximum atomic E-state index is 13.3. The van der Waals surface area contributed by atoms with Crippen molar-refractivity contribution in [3.05, 3.63) is 82.6 Å². The summed E-state index contributed by atoms with van der Waals surface area (Å²) >= 11 is 8.61. The molecule has 0 aliphatic carbocycles. The van der Waals surface area contributed by atoms with Crippen molar-refractivity contribution in [1.82, 2.24) is 10.3 Å². The molecule has 4 aromatic rings. The molecule has 0 radical (unpaired) electrons. The van der Waals surface area contributed by atoms with Crippen molar-refractivity contribution >= 4 is 56.0 Å². The molecule has 3 aromatic carbocycles. The van der Waals surface area contributed by atoms with Crippen LogP contribution in [0.4, 0.5) is 10.1 Å². The normalized spacial score (nSPS) is 10.7. The molecule has 0 fully saturated rings. The number of benzene rings is 3. The van der Waals surface area contributed by atoms with Crippen LogP contribution in [0.2, 0.25) is 0 Å². The van der Waals surface area contributed by atoms with Crippen LogP contribution in [0.25, 0.3) is 22.6 Å². The van der Waals surface area contributed by atoms with E-state index in [2.05, 4.69) is 31.5 Å². The Labute approximate surface area is 179 Å². The Hall–Kier alpha value is -3.10. The Morgan fingerprint density at radius 3 is 2.69 bits per heavy atom. The summed E-state index contributed by atoms with van der Waals surface area (Å²) in [4.78, 5) is 16.7. The second-order valence-corrected chi connectivity index (χ2v) is 7.45. The number of anilines is 1. The molecule has 0 aliphatic heterocycles. The first kappa shape index (κ1) is 19.2. The van der Waals surface area contributed by atoms with E-state index >= 15 is 0 Å². The molecule has 0 aliphatic rings. The average molecular weight is 470 g/mol. The number of carbonyl (C=O) groups excluding carboxylic acids is 1. The zero-order chi connectivity index (χ0) is 20.4. The van der Waals surface area contributed by atoms with Crippen molar-refractivity contribution in [2.75, 3.05) is 5.32 Å². The molecular formula is C21H13BrFN3O2S. The molecule has 0 atom stereocenters. The molecule has 5 nitrogen and oxygen atoms in total. The number of fused-ring (bicyclic) bond motifs is 1. The number of halogens is 2. The number of carbonyl (C=O) groups is 1. The molecule has 144 valence electrons. The van der Waals surface area contributed by atoms with E-state index in [-0.39, 0.29) is 10.7 Å². The number of rotatable bonds is 3. The molecule has 0 bridgehead atoms. The first-order valence-electron chi connectivity index (χ1n) is 8.52. The van der Waals surface area contributed by atoms with Crippen LogP contribution in [0.5, 0.6) is 0 Å². The summed E-state index contributed by atoms with van der Waals surface area (Å²) in [7, 11) is 0. The highest BCUT2D eigenvalue weighted by atomic mass is 79.9. The van der Waals surface area contributed by atoms with Crippen LogP contribution in [0.1, 0.15) is 10.4 Å². The molecule has 2 N–H and O–H groups in total. The van der Waals surface area contributed by atoms with Gasteiger partial charge in [-0.05, 0) is 66.8 Å². The number of amides is 1. The van der Waals surface area contributed by atoms with Gasteiger partial charge in [0.25, 0.3) is 5.91 Å². The minimum Gasteiger partial charge on any atom is -0.436 e. The van der Waals surface area contributed by atoms with Gasteiger partial charge in [0.2, 0.25) is 5.89 Å². The van der Waals surface area contributed by atoms with Crippen molar-refractivity contribution in [2.45, 2.75) is 0 Å². The highest BCUT2D eigenvalue weighted by molar-refractivity contribution is 9.10. The fourth-order valence-electron chi connectivity index (χ4n) is 2.72. The summed E-state index contributed by atoms with van der Waals surface area (Å²) in [6, 6.07) is 18.3. The number of nitrogens with one attached hydrogen (secondary N) is 2. The third-order valence-corrected chi connectivity index (χ3v) is 4.73. The first-order chi connectivity index (χ1) is 14.0. The van der Waals surface area contributed by atoms with Crippen LogP contribution in [0.15, 0.2) is 75.6 Å². The molecule has 0 unspecified atom stereocenters. The average Bonchev–Trinajstić information content (AvgIpc) is 3.11. The lowest BCUT2D eigenvalue weighted by Gasteiger charge is -2.09. The van der Waals surface area contributed by atoms with Gasteiger partial charge in [0.15, 0.2) is 10.7 Å². The standard InChI is InChI=1S/C21H13BrFN3O2S/c22-14-5-1-4-13(9-14)20-25-17-11-16(7-8-18(17)28-20)24-21(29)26-19(27)12-3-2-6-15(23)10-12/h1-11H,(H2,24,26,27,29). The van der Waals surface area contributed by atoms with Crippen molar-refractivity contribution in [3.8, 4) is 11.5 Å². The second kappa shape index (κ2) is 8.10. The lowest BCUT2D eigenvalue weighted by Crippen LogP contribution is -2.34. The predicted octanol–water partition coefficient (Wildman–Crippen LogP) is 5.52. The number of oxazole rings is 1. The van der Waals surface area contributed by atoms with E-state index in [4.69, 9.17) is 16.6 Å². The van der Waals surface area contributed by atoms with Gasteiger partial charge in [-0.25, -0.2) is 9.37 Å². The van der Waals surface area contributed by atoms with Gasteiger partial charge in [0, 0.05) is 21.3 Å². The molecule has 0 saturated heterocycles. The third kappa shape index (κ3) is 4.49. The van der Waals surface area contributed by atoms with E-state index in [1.807, 2.05) is 24.3 Å². The van der Waals surface area contributed by atoms with Gasteiger partial charge in [-0.2, -0.15) is 0 Å². The van der Waals surface area contributed by atoms with Crippen LogP contribution in [0.3, 0.4) is 0 Å². The monoisotopic (exact) mass is 469 g/mol. The number of thiocarbonyl (C=S) groups is 1. The SMILES string of the molecule is O=C(NC(=S)Nc1ccc2oc(-c3cccc(Br)c3)nc2c1)c1cccc(F)c1. The summed E-state index contributed by atoms with van der Waals surface area (Å²) in [5.41, 5.74) is 2.93. The van der Waals surface area contributed by atoms with E-state index in [0.717, 1.165) is 16.1 Å². The van der Waals surface area contributed by atoms with Crippen LogP contribution >= 0.6 is 28.1 Å². The number of aromatic nitrogens is 1. The molecular weight excluding hydrogens is 457 g/mol. The molecule has 4 rings (SSSR count). The molecule has 1 aromatic heterocycles. The lowest BCUT2D eigenvalue weighted by molar-refractivity contribution is 0.0977. The molecule has 8 heteroatoms. The number of hydrogen-bond donors (Lipinski definition) is 2. The lowest BCUT2D eigenvalue weighted by atomic mass is 10.2. The van der Waals surface area contributed by atoms with E-state index in [1.165, 1.54) is 18.2 Å². The van der Waals surface area contributed by atoms with Gasteiger partial charge in [-0.15, -0.1) is 0 Å². The van der Waals surface area contributed by atoms with Gasteiger partial charge in [-0.3, -0.25) is 10.1 Å². The van der Waals surface area contributed by atoms with Gasteiger partial charge in [0.1, 0.15) is 11.3 Å². The van der Waals surface area contributed by atoms with Crippen molar-refractivity contribution < 1.29 is 13.6 Å². The number of nitrogens with zero attached hydrogens (tertiary/aromatic N) is 1. The van der Waals surface area contributed by atoms with Crippen molar-refractivity contribution in [2.24, 2.45) is 0 Å². The van der Waals surface area contributed by atoms with Gasteiger partial charge in [0.05, 0.1) is 0 Å². The van der Waals surface area contributed by atoms with Crippen LogP contribution in [0, 0.1) is 5.82 Å². The third-order valence-electron chi connectivity index (χ3n) is 4.03. The largest absolute Gasteiger partial charge is 0.436 e. The minimum absolute atomic E-state index is 0.0920. The fourth-order valence-corrected chi connectivity index (χ4v) is 3.33. The summed E-state index contributed by atoms with van der Waals surface area (Å²) in [5.74, 6) is -0.490. The second-order valence-electron chi connectivity index (χ2n) is 6.13. The van der Waals surface area contributed by atoms with Crippen LogP contribution in [-0.2, 0) is 0 Å². The van der Waals surface area contributed by atoms with E-state index < -0.39 is 11.7 Å². The zero-order valence-corrected chi connectivity index (χ0v) is 17.2. The first-order valence-corrected chi connectivity index (χ1v) is 9.72. The maximum Gasteiger partial charge on any atom is 0.257 e. The molecule has 0 saturated carbocycles. The fraction of sp³-hybridized carbons (Fsp3) is 0. The maximum absolute atomic E-state index is 13.3. The zero-order valence-electron chi connectivity index (χ0n) is 14.8. The molecule has 1 amide bonds. The van der Waals surface area contributed by atoms with Gasteiger partial charge >= 0.3 is 0 Å². The Bertz CT molecular complexity index is 1240. The Balaban J connectivity index is 1.49. The predicted molar refractivity (Wildman–Crippen MR) is 117 cm³/mol. The van der Waals surface area contributed by atoms with E-state index in [1.54, 1.807) is 18.2 Å². The smallest absolute Gasteiger partial charge is 0.257 e. The summed E-state index contributed by atoms with van der Waals surface area (Å²) < 4.78 is 20.0. The van der Waals surface area contributed by atoms with Crippen molar-refractivity contribution in [1.29, 1.82) is 0 Å². The summed E-state index contributed by atoms with van der Waals surface area (Å²) in [6.45, 7) is 0. The summed E-state index contributed by atoms with van der Waals surface area (Å²) in [5, 5.41) is 5.54. The highest BCUT2D eigenvalue weighted by Gasteiger charge is 2.11. The van der Waals surface area contributed by atoms with Gasteiger partial charge < -0.3 is 9.73 Å². The van der Waals surface area contributed by atoms with Crippen LogP contribution < -0.4 is 10.6 Å². The Morgan fingerprint density at radius 2 is 1.90 bits per heavy atom. The number of hydrogen-bond acceptors (Lipinski definition) is 4. The summed E-state index contributed by atoms with van der Waals surface area (Å²) in [6.07, 6.45) is 0. The highest BCUT2D eigenvalue weighted by Crippen LogP contribution is 2.27. The Kier molecular flexibility index (Phi) is 5.37. The van der Waals surface area contributed by atoms with E-state index in [9.17, 15) is 9.18 Å².